The smallest absolute Gasteiger partial charge is 0.283 e. The molecule has 2 aromatic carbocycles. The van der Waals surface area contributed by atoms with Crippen LogP contribution in [-0.4, -0.2) is 54.9 Å². The maximum absolute atomic E-state index is 12.3. The van der Waals surface area contributed by atoms with E-state index >= 15 is 0 Å². The lowest BCUT2D eigenvalue weighted by Gasteiger charge is -2.20. The predicted octanol–water partition coefficient (Wildman–Crippen LogP) is 3.41. The zero-order valence-electron chi connectivity index (χ0n) is 17.4. The van der Waals surface area contributed by atoms with Gasteiger partial charge in [0.05, 0.1) is 25.3 Å². The highest BCUT2D eigenvalue weighted by atomic mass is 32.2. The summed E-state index contributed by atoms with van der Waals surface area (Å²) in [5.41, 5.74) is 2.36. The van der Waals surface area contributed by atoms with Crippen LogP contribution in [-0.2, 0) is 4.79 Å². The van der Waals surface area contributed by atoms with E-state index in [0.29, 0.717) is 41.2 Å². The predicted molar refractivity (Wildman–Crippen MR) is 123 cm³/mol. The fraction of sp³-hybridized carbons (Fsp3) is 0.182. The molecule has 0 aliphatic carbocycles. The Bertz CT molecular complexity index is 1140. The number of fused-ring (bicyclic) bond motifs is 1. The van der Waals surface area contributed by atoms with E-state index in [1.165, 1.54) is 29.4 Å². The van der Waals surface area contributed by atoms with E-state index in [1.807, 2.05) is 18.2 Å². The van der Waals surface area contributed by atoms with E-state index < -0.39 is 5.91 Å². The number of hydrogen-bond donors (Lipinski definition) is 1. The molecule has 0 atom stereocenters. The third-order valence-corrected chi connectivity index (χ3v) is 5.22. The largest absolute Gasteiger partial charge is 0.497 e. The van der Waals surface area contributed by atoms with Gasteiger partial charge in [0.1, 0.15) is 24.7 Å². The lowest BCUT2D eigenvalue weighted by Crippen LogP contribution is -2.35. The topological polar surface area (TPSA) is 106 Å². The standard InChI is InChI=1S/C22H20N4O5S/c1-28-15-4-3-5-16(12-15)30-8-9-31-18-7-6-14(11-19(18)29-2)10-17-20(23)26-22(25-21(17)27)32-13-24-26/h3-7,10-13,23H,8-9H2,1-2H3. The van der Waals surface area contributed by atoms with E-state index in [-0.39, 0.29) is 11.4 Å². The SMILES string of the molecule is COc1cccc(OCCOc2ccc(C=C3C(=N)N4N=CSC4=NC3=O)cc2OC)c1. The summed E-state index contributed by atoms with van der Waals surface area (Å²) >= 11 is 1.20. The second-order valence-corrected chi connectivity index (χ2v) is 7.35. The number of benzene rings is 2. The lowest BCUT2D eigenvalue weighted by molar-refractivity contribution is -0.114. The Morgan fingerprint density at radius 2 is 1.84 bits per heavy atom. The maximum atomic E-state index is 12.3. The fourth-order valence-corrected chi connectivity index (χ4v) is 3.61. The molecule has 2 aliphatic heterocycles. The molecule has 2 heterocycles. The van der Waals surface area contributed by atoms with E-state index in [4.69, 9.17) is 24.4 Å². The summed E-state index contributed by atoms with van der Waals surface area (Å²) in [6.45, 7) is 0.641. The van der Waals surface area contributed by atoms with Crippen LogP contribution in [0, 0.1) is 5.41 Å². The molecule has 0 saturated heterocycles. The molecule has 0 bridgehead atoms. The summed E-state index contributed by atoms with van der Waals surface area (Å²) in [6.07, 6.45) is 1.58. The van der Waals surface area contributed by atoms with Crippen molar-refractivity contribution in [1.82, 2.24) is 5.01 Å². The zero-order valence-corrected chi connectivity index (χ0v) is 18.2. The number of aliphatic imine (C=N–C) groups is 1. The maximum Gasteiger partial charge on any atom is 0.283 e. The van der Waals surface area contributed by atoms with Crippen LogP contribution >= 0.6 is 11.8 Å². The summed E-state index contributed by atoms with van der Waals surface area (Å²) in [5.74, 6) is 1.94. The highest BCUT2D eigenvalue weighted by Gasteiger charge is 2.32. The van der Waals surface area contributed by atoms with Gasteiger partial charge >= 0.3 is 0 Å². The molecule has 2 aliphatic rings. The molecule has 0 radical (unpaired) electrons. The Hall–Kier alpha value is -3.79. The van der Waals surface area contributed by atoms with Crippen molar-refractivity contribution in [3.63, 3.8) is 0 Å². The monoisotopic (exact) mass is 452 g/mol. The number of amidine groups is 2. The van der Waals surface area contributed by atoms with E-state index in [9.17, 15) is 4.79 Å². The molecule has 2 aromatic rings. The van der Waals surface area contributed by atoms with Crippen LogP contribution in [0.4, 0.5) is 0 Å². The van der Waals surface area contributed by atoms with E-state index in [0.717, 1.165) is 5.75 Å². The number of amides is 1. The van der Waals surface area contributed by atoms with Crippen LogP contribution < -0.4 is 18.9 Å². The first-order valence-electron chi connectivity index (χ1n) is 9.59. The van der Waals surface area contributed by atoms with Crippen LogP contribution in [0.3, 0.4) is 0 Å². The van der Waals surface area contributed by atoms with Crippen molar-refractivity contribution in [1.29, 1.82) is 5.41 Å². The lowest BCUT2D eigenvalue weighted by atomic mass is 10.1. The molecule has 1 amide bonds. The second kappa shape index (κ2) is 9.56. The van der Waals surface area contributed by atoms with E-state index in [2.05, 4.69) is 10.1 Å². The number of rotatable bonds is 8. The van der Waals surface area contributed by atoms with Gasteiger partial charge in [-0.15, -0.1) is 0 Å². The van der Waals surface area contributed by atoms with Gasteiger partial charge in [-0.05, 0) is 47.7 Å². The number of nitrogens with zero attached hydrogens (tertiary/aromatic N) is 3. The zero-order chi connectivity index (χ0) is 22.5. The first kappa shape index (κ1) is 21.4. The molecule has 1 N–H and O–H groups in total. The van der Waals surface area contributed by atoms with Gasteiger partial charge in [-0.1, -0.05) is 12.1 Å². The van der Waals surface area contributed by atoms with Gasteiger partial charge in [-0.3, -0.25) is 10.2 Å². The van der Waals surface area contributed by atoms with Gasteiger partial charge in [-0.25, -0.2) is 0 Å². The summed E-state index contributed by atoms with van der Waals surface area (Å²) in [7, 11) is 3.14. The van der Waals surface area contributed by atoms with Crippen molar-refractivity contribution < 1.29 is 23.7 Å². The average Bonchev–Trinajstić information content (AvgIpc) is 3.28. The summed E-state index contributed by atoms with van der Waals surface area (Å²) in [5, 5.41) is 14.0. The normalized spacial score (nSPS) is 16.1. The molecule has 0 fully saturated rings. The van der Waals surface area contributed by atoms with Crippen molar-refractivity contribution in [3.8, 4) is 23.0 Å². The summed E-state index contributed by atoms with van der Waals surface area (Å²) in [4.78, 5) is 16.3. The summed E-state index contributed by atoms with van der Waals surface area (Å²) in [6, 6.07) is 12.6. The van der Waals surface area contributed by atoms with Gasteiger partial charge in [-0.2, -0.15) is 15.1 Å². The van der Waals surface area contributed by atoms with Gasteiger partial charge < -0.3 is 18.9 Å². The molecule has 9 nitrogen and oxygen atoms in total. The molecule has 0 saturated carbocycles. The van der Waals surface area contributed by atoms with Crippen molar-refractivity contribution in [2.24, 2.45) is 10.1 Å². The summed E-state index contributed by atoms with van der Waals surface area (Å²) < 4.78 is 22.1. The molecule has 32 heavy (non-hydrogen) atoms. The van der Waals surface area contributed by atoms with Crippen LogP contribution in [0.1, 0.15) is 5.56 Å². The first-order valence-corrected chi connectivity index (χ1v) is 10.5. The minimum atomic E-state index is -0.478. The van der Waals surface area contributed by atoms with Gasteiger partial charge in [0.2, 0.25) is 0 Å². The Morgan fingerprint density at radius 1 is 1.03 bits per heavy atom. The van der Waals surface area contributed by atoms with Crippen LogP contribution in [0.2, 0.25) is 0 Å². The third-order valence-electron chi connectivity index (χ3n) is 4.55. The Balaban J connectivity index is 1.41. The number of thioether (sulfide) groups is 1. The molecule has 0 spiro atoms. The van der Waals surface area contributed by atoms with Crippen LogP contribution in [0.15, 0.2) is 58.1 Å². The highest BCUT2D eigenvalue weighted by molar-refractivity contribution is 8.25. The Morgan fingerprint density at radius 3 is 2.66 bits per heavy atom. The second-order valence-electron chi connectivity index (χ2n) is 6.54. The molecule has 0 aromatic heterocycles. The minimum Gasteiger partial charge on any atom is -0.497 e. The average molecular weight is 452 g/mol. The number of methoxy groups -OCH3 is 2. The number of hydrogen-bond acceptors (Lipinski definition) is 8. The fourth-order valence-electron chi connectivity index (χ4n) is 3.00. The quantitative estimate of drug-likeness (QED) is 0.483. The van der Waals surface area contributed by atoms with Crippen LogP contribution in [0.25, 0.3) is 6.08 Å². The van der Waals surface area contributed by atoms with Crippen LogP contribution in [0.5, 0.6) is 23.0 Å². The number of ether oxygens (including phenoxy) is 4. The Kier molecular flexibility index (Phi) is 6.41. The van der Waals surface area contributed by atoms with E-state index in [1.54, 1.807) is 37.5 Å². The number of nitrogens with one attached hydrogen (secondary N) is 1. The van der Waals surface area contributed by atoms with Gasteiger partial charge in [0.15, 0.2) is 22.5 Å². The molecule has 4 rings (SSSR count). The highest BCUT2D eigenvalue weighted by Crippen LogP contribution is 2.30. The molecular formula is C22H20N4O5S. The number of carbonyl (C=O) groups is 1. The van der Waals surface area contributed by atoms with Crippen molar-refractivity contribution >= 4 is 40.3 Å². The van der Waals surface area contributed by atoms with Gasteiger partial charge in [0, 0.05) is 6.07 Å². The minimum absolute atomic E-state index is 0.0183. The third kappa shape index (κ3) is 4.59. The number of hydrazone groups is 1. The number of carbonyl (C=O) groups excluding carboxylic acids is 1. The molecule has 10 heteroatoms. The first-order chi connectivity index (χ1) is 15.6. The Labute approximate surface area is 188 Å². The molecular weight excluding hydrogens is 432 g/mol. The van der Waals surface area contributed by atoms with Crippen molar-refractivity contribution in [3.05, 3.63) is 53.6 Å². The van der Waals surface area contributed by atoms with Crippen molar-refractivity contribution in [2.75, 3.05) is 27.4 Å². The van der Waals surface area contributed by atoms with Gasteiger partial charge in [0.25, 0.3) is 5.91 Å². The molecule has 0 unspecified atom stereocenters. The molecule has 164 valence electrons. The van der Waals surface area contributed by atoms with Crippen molar-refractivity contribution in [2.45, 2.75) is 0 Å².